The summed E-state index contributed by atoms with van der Waals surface area (Å²) in [6, 6.07) is 15.4. The first kappa shape index (κ1) is 17.0. The average Bonchev–Trinajstić information content (AvgIpc) is 2.62. The molecule has 0 atom stereocenters. The maximum atomic E-state index is 6.08. The number of methoxy groups -OCH3 is 1. The SMILES string of the molecule is COc1ccc(Cl)cc1-c1nc(N)nc(NCCc2ccccc2)n1. The van der Waals surface area contributed by atoms with Crippen molar-refractivity contribution in [1.29, 1.82) is 0 Å². The van der Waals surface area contributed by atoms with E-state index in [-0.39, 0.29) is 5.95 Å². The summed E-state index contributed by atoms with van der Waals surface area (Å²) in [5.41, 5.74) is 7.73. The van der Waals surface area contributed by atoms with Gasteiger partial charge in [-0.1, -0.05) is 41.9 Å². The van der Waals surface area contributed by atoms with Crippen LogP contribution in [0.1, 0.15) is 5.56 Å². The van der Waals surface area contributed by atoms with Gasteiger partial charge in [-0.15, -0.1) is 0 Å². The highest BCUT2D eigenvalue weighted by Gasteiger charge is 2.12. The highest BCUT2D eigenvalue weighted by Crippen LogP contribution is 2.30. The van der Waals surface area contributed by atoms with Gasteiger partial charge in [-0.05, 0) is 30.2 Å². The zero-order valence-electron chi connectivity index (χ0n) is 13.7. The summed E-state index contributed by atoms with van der Waals surface area (Å²) in [4.78, 5) is 12.8. The Morgan fingerprint density at radius 3 is 2.64 bits per heavy atom. The van der Waals surface area contributed by atoms with E-state index in [4.69, 9.17) is 22.1 Å². The van der Waals surface area contributed by atoms with Gasteiger partial charge in [0, 0.05) is 11.6 Å². The third-order valence-electron chi connectivity index (χ3n) is 3.59. The molecule has 0 spiro atoms. The zero-order chi connectivity index (χ0) is 17.6. The van der Waals surface area contributed by atoms with E-state index in [1.807, 2.05) is 18.2 Å². The molecule has 128 valence electrons. The first-order valence-corrected chi connectivity index (χ1v) is 8.17. The Morgan fingerprint density at radius 1 is 1.08 bits per heavy atom. The van der Waals surface area contributed by atoms with Crippen LogP contribution in [-0.4, -0.2) is 28.6 Å². The van der Waals surface area contributed by atoms with E-state index < -0.39 is 0 Å². The van der Waals surface area contributed by atoms with Crippen molar-refractivity contribution in [2.45, 2.75) is 6.42 Å². The summed E-state index contributed by atoms with van der Waals surface area (Å²) in [7, 11) is 1.58. The van der Waals surface area contributed by atoms with Crippen LogP contribution in [0.15, 0.2) is 48.5 Å². The maximum Gasteiger partial charge on any atom is 0.228 e. The lowest BCUT2D eigenvalue weighted by Gasteiger charge is -2.10. The minimum atomic E-state index is 0.134. The van der Waals surface area contributed by atoms with Crippen molar-refractivity contribution in [1.82, 2.24) is 15.0 Å². The Morgan fingerprint density at radius 2 is 1.88 bits per heavy atom. The number of halogens is 1. The van der Waals surface area contributed by atoms with E-state index >= 15 is 0 Å². The lowest BCUT2D eigenvalue weighted by Crippen LogP contribution is -2.11. The minimum absolute atomic E-state index is 0.134. The van der Waals surface area contributed by atoms with Crippen LogP contribution in [0.3, 0.4) is 0 Å². The Bertz CT molecular complexity index is 857. The lowest BCUT2D eigenvalue weighted by molar-refractivity contribution is 0.416. The van der Waals surface area contributed by atoms with Crippen molar-refractivity contribution in [3.63, 3.8) is 0 Å². The van der Waals surface area contributed by atoms with Crippen LogP contribution in [0.5, 0.6) is 5.75 Å². The second-order valence-electron chi connectivity index (χ2n) is 5.35. The Hall–Kier alpha value is -2.86. The number of hydrogen-bond acceptors (Lipinski definition) is 6. The third kappa shape index (κ3) is 4.36. The predicted molar refractivity (Wildman–Crippen MR) is 99.9 cm³/mol. The number of anilines is 2. The Balaban J connectivity index is 1.80. The van der Waals surface area contributed by atoms with Crippen LogP contribution >= 0.6 is 11.6 Å². The van der Waals surface area contributed by atoms with E-state index in [1.165, 1.54) is 5.56 Å². The molecule has 0 bridgehead atoms. The number of nitrogens with zero attached hydrogens (tertiary/aromatic N) is 3. The average molecular weight is 356 g/mol. The van der Waals surface area contributed by atoms with E-state index in [0.29, 0.717) is 34.7 Å². The summed E-state index contributed by atoms with van der Waals surface area (Å²) >= 11 is 6.08. The first-order chi connectivity index (χ1) is 12.2. The first-order valence-electron chi connectivity index (χ1n) is 7.79. The van der Waals surface area contributed by atoms with Crippen molar-refractivity contribution in [2.24, 2.45) is 0 Å². The Kier molecular flexibility index (Phi) is 5.30. The number of ether oxygens (including phenoxy) is 1. The molecule has 0 fully saturated rings. The molecule has 25 heavy (non-hydrogen) atoms. The zero-order valence-corrected chi connectivity index (χ0v) is 14.5. The molecule has 3 rings (SSSR count). The molecule has 3 aromatic rings. The molecule has 0 unspecified atom stereocenters. The molecule has 0 aliphatic heterocycles. The number of hydrogen-bond donors (Lipinski definition) is 2. The van der Waals surface area contributed by atoms with E-state index in [2.05, 4.69) is 32.4 Å². The van der Waals surface area contributed by atoms with Crippen LogP contribution in [0.4, 0.5) is 11.9 Å². The van der Waals surface area contributed by atoms with Crippen LogP contribution in [-0.2, 0) is 6.42 Å². The van der Waals surface area contributed by atoms with Crippen molar-refractivity contribution in [2.75, 3.05) is 24.7 Å². The number of nitrogens with one attached hydrogen (secondary N) is 1. The molecule has 2 aromatic carbocycles. The molecule has 0 amide bonds. The molecule has 0 saturated carbocycles. The van der Waals surface area contributed by atoms with Gasteiger partial charge in [-0.3, -0.25) is 0 Å². The topological polar surface area (TPSA) is 86.0 Å². The van der Waals surface area contributed by atoms with Gasteiger partial charge in [-0.25, -0.2) is 0 Å². The predicted octanol–water partition coefficient (Wildman–Crippen LogP) is 3.44. The van der Waals surface area contributed by atoms with Crippen molar-refractivity contribution < 1.29 is 4.74 Å². The Labute approximate surface area is 151 Å². The third-order valence-corrected chi connectivity index (χ3v) is 3.83. The molecule has 6 nitrogen and oxygen atoms in total. The molecular weight excluding hydrogens is 338 g/mol. The fourth-order valence-corrected chi connectivity index (χ4v) is 2.58. The molecule has 0 saturated heterocycles. The second-order valence-corrected chi connectivity index (χ2v) is 5.78. The quantitative estimate of drug-likeness (QED) is 0.704. The molecule has 3 N–H and O–H groups in total. The number of nitrogens with two attached hydrogens (primary N) is 1. The van der Waals surface area contributed by atoms with E-state index in [9.17, 15) is 0 Å². The summed E-state index contributed by atoms with van der Waals surface area (Å²) in [5, 5.41) is 3.74. The van der Waals surface area contributed by atoms with Gasteiger partial charge < -0.3 is 15.8 Å². The smallest absolute Gasteiger partial charge is 0.228 e. The van der Waals surface area contributed by atoms with Crippen LogP contribution < -0.4 is 15.8 Å². The molecule has 0 aliphatic rings. The van der Waals surface area contributed by atoms with Crippen molar-refractivity contribution >= 4 is 23.5 Å². The number of nitrogen functional groups attached to an aromatic ring is 1. The molecular formula is C18H18ClN5O. The van der Waals surface area contributed by atoms with Gasteiger partial charge in [0.25, 0.3) is 0 Å². The fourth-order valence-electron chi connectivity index (χ4n) is 2.41. The molecule has 1 aromatic heterocycles. The molecule has 0 aliphatic carbocycles. The van der Waals surface area contributed by atoms with Crippen LogP contribution in [0.25, 0.3) is 11.4 Å². The van der Waals surface area contributed by atoms with Gasteiger partial charge in [0.1, 0.15) is 5.75 Å². The van der Waals surface area contributed by atoms with E-state index in [0.717, 1.165) is 6.42 Å². The number of aromatic nitrogens is 3. The highest BCUT2D eigenvalue weighted by molar-refractivity contribution is 6.30. The number of rotatable bonds is 6. The van der Waals surface area contributed by atoms with Crippen LogP contribution in [0, 0.1) is 0 Å². The normalized spacial score (nSPS) is 10.5. The largest absolute Gasteiger partial charge is 0.496 e. The second kappa shape index (κ2) is 7.81. The van der Waals surface area contributed by atoms with Gasteiger partial charge in [0.05, 0.1) is 12.7 Å². The molecule has 0 radical (unpaired) electrons. The summed E-state index contributed by atoms with van der Waals surface area (Å²) in [6.07, 6.45) is 0.849. The van der Waals surface area contributed by atoms with E-state index in [1.54, 1.807) is 25.3 Å². The summed E-state index contributed by atoms with van der Waals surface area (Å²) in [5.74, 6) is 1.58. The fraction of sp³-hybridized carbons (Fsp3) is 0.167. The van der Waals surface area contributed by atoms with Crippen molar-refractivity contribution in [3.8, 4) is 17.1 Å². The lowest BCUT2D eigenvalue weighted by atomic mass is 10.1. The van der Waals surface area contributed by atoms with Gasteiger partial charge in [0.15, 0.2) is 5.82 Å². The molecule has 7 heteroatoms. The standard InChI is InChI=1S/C18H18ClN5O/c1-25-15-8-7-13(19)11-14(15)16-22-17(20)24-18(23-16)21-10-9-12-5-3-2-4-6-12/h2-8,11H,9-10H2,1H3,(H3,20,21,22,23,24). The van der Waals surface area contributed by atoms with Crippen molar-refractivity contribution in [3.05, 3.63) is 59.1 Å². The van der Waals surface area contributed by atoms with Gasteiger partial charge in [0.2, 0.25) is 11.9 Å². The highest BCUT2D eigenvalue weighted by atomic mass is 35.5. The summed E-state index contributed by atoms with van der Waals surface area (Å²) < 4.78 is 5.35. The maximum absolute atomic E-state index is 6.08. The molecule has 1 heterocycles. The monoisotopic (exact) mass is 355 g/mol. The number of benzene rings is 2. The van der Waals surface area contributed by atoms with Gasteiger partial charge in [-0.2, -0.15) is 15.0 Å². The van der Waals surface area contributed by atoms with Crippen LogP contribution in [0.2, 0.25) is 5.02 Å². The minimum Gasteiger partial charge on any atom is -0.496 e. The van der Waals surface area contributed by atoms with Gasteiger partial charge >= 0.3 is 0 Å². The summed E-state index contributed by atoms with van der Waals surface area (Å²) in [6.45, 7) is 0.680.